The van der Waals surface area contributed by atoms with Crippen LogP contribution in [0.2, 0.25) is 0 Å². The molecule has 3 nitrogen and oxygen atoms in total. The Balaban J connectivity index is 2.04. The van der Waals surface area contributed by atoms with Gasteiger partial charge in [-0.3, -0.25) is 0 Å². The molecule has 2 N–H and O–H groups in total. The lowest BCUT2D eigenvalue weighted by atomic mass is 10.4. The highest BCUT2D eigenvalue weighted by atomic mass is 32.1. The Bertz CT molecular complexity index is 263. The van der Waals surface area contributed by atoms with Crippen LogP contribution in [0.5, 0.6) is 5.75 Å². The normalized spacial score (nSPS) is 10.5. The highest BCUT2D eigenvalue weighted by Gasteiger charge is 1.98. The van der Waals surface area contributed by atoms with Crippen molar-refractivity contribution in [2.75, 3.05) is 26.7 Å². The van der Waals surface area contributed by atoms with Crippen molar-refractivity contribution >= 4 is 11.3 Å². The van der Waals surface area contributed by atoms with E-state index in [4.69, 9.17) is 4.74 Å². The Labute approximate surface area is 95.8 Å². The highest BCUT2D eigenvalue weighted by Crippen LogP contribution is 2.20. The summed E-state index contributed by atoms with van der Waals surface area (Å²) in [6.45, 7) is 6.29. The monoisotopic (exact) mass is 228 g/mol. The van der Waals surface area contributed by atoms with Crippen LogP contribution in [0.25, 0.3) is 0 Å². The van der Waals surface area contributed by atoms with Gasteiger partial charge < -0.3 is 15.4 Å². The molecule has 0 spiro atoms. The predicted molar refractivity (Wildman–Crippen MR) is 65.7 cm³/mol. The van der Waals surface area contributed by atoms with E-state index in [9.17, 15) is 0 Å². The first-order valence-corrected chi connectivity index (χ1v) is 6.27. The fourth-order valence-corrected chi connectivity index (χ4v) is 2.09. The number of thiophene rings is 1. The van der Waals surface area contributed by atoms with Crippen molar-refractivity contribution in [3.63, 3.8) is 0 Å². The Morgan fingerprint density at radius 1 is 1.33 bits per heavy atom. The van der Waals surface area contributed by atoms with Gasteiger partial charge in [0.2, 0.25) is 0 Å². The van der Waals surface area contributed by atoms with Crippen LogP contribution in [0, 0.1) is 0 Å². The second-order valence-corrected chi connectivity index (χ2v) is 4.33. The second kappa shape index (κ2) is 7.68. The van der Waals surface area contributed by atoms with E-state index in [1.54, 1.807) is 18.4 Å². The minimum atomic E-state index is 0.945. The third kappa shape index (κ3) is 5.16. The summed E-state index contributed by atoms with van der Waals surface area (Å²) in [6, 6.07) is 2.09. The molecule has 0 fully saturated rings. The maximum atomic E-state index is 5.13. The zero-order valence-corrected chi connectivity index (χ0v) is 10.3. The lowest BCUT2D eigenvalue weighted by molar-refractivity contribution is 0.416. The van der Waals surface area contributed by atoms with E-state index in [-0.39, 0.29) is 0 Å². The van der Waals surface area contributed by atoms with Crippen LogP contribution in [0.3, 0.4) is 0 Å². The fraction of sp³-hybridized carbons (Fsp3) is 0.636. The number of hydrogen-bond acceptors (Lipinski definition) is 4. The van der Waals surface area contributed by atoms with E-state index >= 15 is 0 Å². The van der Waals surface area contributed by atoms with Crippen molar-refractivity contribution in [3.05, 3.63) is 16.3 Å². The first kappa shape index (κ1) is 12.5. The summed E-state index contributed by atoms with van der Waals surface area (Å²) in [5, 5.41) is 8.75. The van der Waals surface area contributed by atoms with Gasteiger partial charge in [0.15, 0.2) is 0 Å². The molecule has 86 valence electrons. The van der Waals surface area contributed by atoms with Gasteiger partial charge in [0.25, 0.3) is 0 Å². The molecule has 1 rings (SSSR count). The van der Waals surface area contributed by atoms with Gasteiger partial charge in [0, 0.05) is 16.8 Å². The quantitative estimate of drug-likeness (QED) is 0.666. The molecule has 0 aromatic carbocycles. The van der Waals surface area contributed by atoms with Crippen LogP contribution in [0.4, 0.5) is 0 Å². The van der Waals surface area contributed by atoms with Crippen LogP contribution in [0.1, 0.15) is 18.2 Å². The molecular formula is C11H20N2OS. The molecule has 0 amide bonds. The Hall–Kier alpha value is -0.580. The molecular weight excluding hydrogens is 208 g/mol. The van der Waals surface area contributed by atoms with Gasteiger partial charge >= 0.3 is 0 Å². The van der Waals surface area contributed by atoms with Crippen molar-refractivity contribution in [2.24, 2.45) is 0 Å². The average Bonchev–Trinajstić information content (AvgIpc) is 2.71. The van der Waals surface area contributed by atoms with E-state index in [0.717, 1.165) is 31.9 Å². The molecule has 0 unspecified atom stereocenters. The van der Waals surface area contributed by atoms with Gasteiger partial charge in [-0.05, 0) is 32.1 Å². The minimum absolute atomic E-state index is 0.945. The molecule has 0 aliphatic rings. The first-order valence-electron chi connectivity index (χ1n) is 5.39. The van der Waals surface area contributed by atoms with E-state index in [2.05, 4.69) is 23.6 Å². The lowest BCUT2D eigenvalue weighted by Crippen LogP contribution is -2.21. The van der Waals surface area contributed by atoms with E-state index < -0.39 is 0 Å². The molecule has 1 heterocycles. The standard InChI is InChI=1S/C11H20N2OS/c1-3-12-5-4-6-13-8-11-7-10(14-2)9-15-11/h7,9,12-13H,3-6,8H2,1-2H3. The molecule has 0 saturated heterocycles. The van der Waals surface area contributed by atoms with Crippen molar-refractivity contribution in [1.82, 2.24) is 10.6 Å². The van der Waals surface area contributed by atoms with E-state index in [0.29, 0.717) is 0 Å². The summed E-state index contributed by atoms with van der Waals surface area (Å²) in [7, 11) is 1.70. The average molecular weight is 228 g/mol. The topological polar surface area (TPSA) is 33.3 Å². The zero-order valence-electron chi connectivity index (χ0n) is 9.51. The van der Waals surface area contributed by atoms with Crippen molar-refractivity contribution in [2.45, 2.75) is 19.9 Å². The molecule has 0 saturated carbocycles. The minimum Gasteiger partial charge on any atom is -0.496 e. The van der Waals surface area contributed by atoms with Gasteiger partial charge in [-0.15, -0.1) is 11.3 Å². The van der Waals surface area contributed by atoms with Gasteiger partial charge in [0.05, 0.1) is 7.11 Å². The van der Waals surface area contributed by atoms with E-state index in [1.165, 1.54) is 11.3 Å². The number of methoxy groups -OCH3 is 1. The molecule has 15 heavy (non-hydrogen) atoms. The number of ether oxygens (including phenoxy) is 1. The van der Waals surface area contributed by atoms with Gasteiger partial charge in [-0.25, -0.2) is 0 Å². The van der Waals surface area contributed by atoms with Crippen LogP contribution in [0.15, 0.2) is 11.4 Å². The Kier molecular flexibility index (Phi) is 6.39. The maximum absolute atomic E-state index is 5.13. The number of rotatable bonds is 8. The predicted octanol–water partition coefficient (Wildman–Crippen LogP) is 1.85. The van der Waals surface area contributed by atoms with Gasteiger partial charge in [0.1, 0.15) is 5.75 Å². The van der Waals surface area contributed by atoms with Crippen LogP contribution >= 0.6 is 11.3 Å². The molecule has 0 bridgehead atoms. The number of nitrogens with one attached hydrogen (secondary N) is 2. The molecule has 0 aliphatic heterocycles. The summed E-state index contributed by atoms with van der Waals surface area (Å²) in [5.41, 5.74) is 0. The fourth-order valence-electron chi connectivity index (χ4n) is 1.29. The maximum Gasteiger partial charge on any atom is 0.129 e. The third-order valence-corrected chi connectivity index (χ3v) is 3.04. The van der Waals surface area contributed by atoms with Crippen molar-refractivity contribution in [1.29, 1.82) is 0 Å². The zero-order chi connectivity index (χ0) is 10.9. The molecule has 1 aromatic rings. The van der Waals surface area contributed by atoms with E-state index in [1.807, 2.05) is 5.38 Å². The Morgan fingerprint density at radius 2 is 2.13 bits per heavy atom. The number of hydrogen-bond donors (Lipinski definition) is 2. The molecule has 0 radical (unpaired) electrons. The first-order chi connectivity index (χ1) is 7.36. The van der Waals surface area contributed by atoms with Gasteiger partial charge in [-0.1, -0.05) is 6.92 Å². The highest BCUT2D eigenvalue weighted by molar-refractivity contribution is 7.10. The summed E-state index contributed by atoms with van der Waals surface area (Å²) in [6.07, 6.45) is 1.18. The summed E-state index contributed by atoms with van der Waals surface area (Å²) < 4.78 is 5.13. The lowest BCUT2D eigenvalue weighted by Gasteiger charge is -2.03. The van der Waals surface area contributed by atoms with Crippen molar-refractivity contribution in [3.8, 4) is 5.75 Å². The van der Waals surface area contributed by atoms with Crippen LogP contribution in [-0.2, 0) is 6.54 Å². The molecule has 0 aliphatic carbocycles. The molecule has 0 atom stereocenters. The Morgan fingerprint density at radius 3 is 2.80 bits per heavy atom. The second-order valence-electron chi connectivity index (χ2n) is 3.34. The SMILES string of the molecule is CCNCCCNCc1cc(OC)cs1. The molecule has 4 heteroatoms. The third-order valence-electron chi connectivity index (χ3n) is 2.12. The smallest absolute Gasteiger partial charge is 0.129 e. The van der Waals surface area contributed by atoms with Crippen LogP contribution in [-0.4, -0.2) is 26.7 Å². The molecule has 1 aromatic heterocycles. The van der Waals surface area contributed by atoms with Crippen molar-refractivity contribution < 1.29 is 4.74 Å². The largest absolute Gasteiger partial charge is 0.496 e. The van der Waals surface area contributed by atoms with Crippen LogP contribution < -0.4 is 15.4 Å². The van der Waals surface area contributed by atoms with Gasteiger partial charge in [-0.2, -0.15) is 0 Å². The summed E-state index contributed by atoms with van der Waals surface area (Å²) in [5.74, 6) is 0.962. The summed E-state index contributed by atoms with van der Waals surface area (Å²) in [4.78, 5) is 1.33. The summed E-state index contributed by atoms with van der Waals surface area (Å²) >= 11 is 1.74.